The summed E-state index contributed by atoms with van der Waals surface area (Å²) in [4.78, 5) is 0.346. The summed E-state index contributed by atoms with van der Waals surface area (Å²) in [5.41, 5.74) is -3.49. The molecule has 0 saturated heterocycles. The number of aryl methyl sites for hydroxylation is 1. The van der Waals surface area contributed by atoms with Crippen molar-refractivity contribution in [1.82, 2.24) is 0 Å². The summed E-state index contributed by atoms with van der Waals surface area (Å²) in [7, 11) is -4.11. The van der Waals surface area contributed by atoms with Crippen LogP contribution in [0, 0.1) is 6.92 Å². The van der Waals surface area contributed by atoms with Crippen LogP contribution in [-0.4, -0.2) is 15.1 Å². The van der Waals surface area contributed by atoms with Gasteiger partial charge in [-0.1, -0.05) is 0 Å². The maximum atomic E-state index is 16.3. The van der Waals surface area contributed by atoms with Gasteiger partial charge in [-0.2, -0.15) is 0 Å². The van der Waals surface area contributed by atoms with Crippen LogP contribution in [0.1, 0.15) is 5.56 Å². The molecule has 6 rings (SSSR count). The monoisotopic (exact) mass is 617 g/mol. The van der Waals surface area contributed by atoms with Crippen molar-refractivity contribution in [3.63, 3.8) is 0 Å². The number of hydrogen-bond acceptors (Lipinski definition) is 2. The second-order valence-corrected chi connectivity index (χ2v) is 28.9. The van der Waals surface area contributed by atoms with E-state index < -0.39 is 21.9 Å². The van der Waals surface area contributed by atoms with Gasteiger partial charge >= 0.3 is 257 Å². The fourth-order valence-corrected chi connectivity index (χ4v) is 36.3. The summed E-state index contributed by atoms with van der Waals surface area (Å²) >= 11 is 0. The third kappa shape index (κ3) is 4.10. The van der Waals surface area contributed by atoms with Gasteiger partial charge in [0, 0.05) is 0 Å². The second kappa shape index (κ2) is 11.3. The third-order valence-corrected chi connectivity index (χ3v) is 35.8. The summed E-state index contributed by atoms with van der Waals surface area (Å²) in [6, 6.07) is 58.8. The summed E-state index contributed by atoms with van der Waals surface area (Å²) < 4.78 is 32.7. The molecule has 0 atom stereocenters. The Kier molecular flexibility index (Phi) is 7.69. The van der Waals surface area contributed by atoms with Crippen molar-refractivity contribution in [2.45, 2.75) is 11.8 Å². The maximum absolute atomic E-state index is 16.3. The van der Waals surface area contributed by atoms with E-state index in [-0.39, 0.29) is 0 Å². The Balaban J connectivity index is 2.01. The van der Waals surface area contributed by atoms with E-state index >= 15 is 8.42 Å². The molecule has 6 aromatic carbocycles. The first-order chi connectivity index (χ1) is 20.9. The topological polar surface area (TPSA) is 34.1 Å². The van der Waals surface area contributed by atoms with Crippen molar-refractivity contribution >= 4 is 48.4 Å². The van der Waals surface area contributed by atoms with Crippen molar-refractivity contribution in [2.75, 3.05) is 6.66 Å². The van der Waals surface area contributed by atoms with Gasteiger partial charge in [0.2, 0.25) is 0 Å². The Labute approximate surface area is 255 Å². The van der Waals surface area contributed by atoms with E-state index in [1.807, 2.05) is 110 Å². The van der Waals surface area contributed by atoms with E-state index in [0.29, 0.717) is 4.90 Å². The van der Waals surface area contributed by atoms with Crippen LogP contribution >= 0.6 is 12.4 Å². The minimum atomic E-state index is -4.51. The van der Waals surface area contributed by atoms with Gasteiger partial charge in [-0.15, -0.1) is 0 Å². The van der Waals surface area contributed by atoms with Gasteiger partial charge < -0.3 is 0 Å². The van der Waals surface area contributed by atoms with Crippen LogP contribution in [0.4, 0.5) is 0 Å². The van der Waals surface area contributed by atoms with Crippen LogP contribution in [0.3, 0.4) is 0 Å². The molecule has 0 spiro atoms. The fourth-order valence-electron chi connectivity index (χ4n) is 6.67. The van der Waals surface area contributed by atoms with Crippen LogP contribution in [-0.2, 0) is 9.46 Å². The Morgan fingerprint density at radius 1 is 0.442 bits per heavy atom. The molecular formula is C38H35O2P2S+. The average molecular weight is 618 g/mol. The second-order valence-electron chi connectivity index (χ2n) is 11.0. The van der Waals surface area contributed by atoms with Crippen LogP contribution in [0.25, 0.3) is 0 Å². The summed E-state index contributed by atoms with van der Waals surface area (Å²) in [6.45, 7) is 1.02. The molecule has 214 valence electrons. The van der Waals surface area contributed by atoms with Crippen molar-refractivity contribution in [3.05, 3.63) is 181 Å². The Morgan fingerprint density at radius 2 is 0.744 bits per heavy atom. The first-order valence-corrected chi connectivity index (χ1v) is 21.6. The van der Waals surface area contributed by atoms with E-state index in [1.165, 1.54) is 0 Å². The first-order valence-electron chi connectivity index (χ1n) is 14.4. The molecule has 2 nitrogen and oxygen atoms in total. The SMILES string of the molecule is Cc1ccc(S(=O)(=O)P(C)(c2ccccc2)(c2ccccc2)[P+](c2ccccc2)(c2ccccc2)c2ccccc2)cc1. The molecule has 0 aliphatic heterocycles. The number of benzene rings is 6. The van der Waals surface area contributed by atoms with Crippen molar-refractivity contribution < 1.29 is 8.42 Å². The zero-order valence-electron chi connectivity index (χ0n) is 24.4. The van der Waals surface area contributed by atoms with E-state index in [9.17, 15) is 0 Å². The van der Waals surface area contributed by atoms with Crippen molar-refractivity contribution in [1.29, 1.82) is 0 Å². The molecule has 0 aliphatic carbocycles. The average Bonchev–Trinajstić information content (AvgIpc) is 3.07. The Bertz CT molecular complexity index is 1790. The molecule has 0 bridgehead atoms. The summed E-state index contributed by atoms with van der Waals surface area (Å²) in [5.74, 6) is 0. The molecular weight excluding hydrogens is 582 g/mol. The quantitative estimate of drug-likeness (QED) is 0.167. The predicted molar refractivity (Wildman–Crippen MR) is 189 cm³/mol. The molecule has 6 aromatic rings. The van der Waals surface area contributed by atoms with Crippen LogP contribution in [0.5, 0.6) is 0 Å². The normalized spacial score (nSPS) is 13.1. The van der Waals surface area contributed by atoms with Crippen molar-refractivity contribution in [2.24, 2.45) is 0 Å². The Hall–Kier alpha value is -3.87. The van der Waals surface area contributed by atoms with E-state index in [2.05, 4.69) is 67.3 Å². The van der Waals surface area contributed by atoms with Gasteiger partial charge in [0.15, 0.2) is 0 Å². The zero-order chi connectivity index (χ0) is 30.0. The molecule has 43 heavy (non-hydrogen) atoms. The van der Waals surface area contributed by atoms with Crippen molar-refractivity contribution in [3.8, 4) is 0 Å². The predicted octanol–water partition coefficient (Wildman–Crippen LogP) is 7.43. The van der Waals surface area contributed by atoms with E-state index in [4.69, 9.17) is 0 Å². The molecule has 0 saturated carbocycles. The van der Waals surface area contributed by atoms with Gasteiger partial charge in [-0.05, 0) is 0 Å². The number of hydrogen-bond donors (Lipinski definition) is 0. The number of rotatable bonds is 8. The first kappa shape index (κ1) is 29.2. The van der Waals surface area contributed by atoms with Crippen LogP contribution in [0.2, 0.25) is 0 Å². The zero-order valence-corrected chi connectivity index (χ0v) is 27.0. The molecule has 0 radical (unpaired) electrons. The summed E-state index contributed by atoms with van der Waals surface area (Å²) in [5, 5.41) is 4.82. The molecule has 0 aliphatic rings. The van der Waals surface area contributed by atoms with Gasteiger partial charge in [0.25, 0.3) is 0 Å². The van der Waals surface area contributed by atoms with Gasteiger partial charge in [-0.3, -0.25) is 0 Å². The van der Waals surface area contributed by atoms with E-state index in [0.717, 1.165) is 32.1 Å². The molecule has 5 heteroatoms. The standard InChI is InChI=1S/C38H35O2P2S/c1-32-28-30-38(31-29-32)43(39,40)42(2,36-24-14-6-15-25-36,37-26-16-7-17-27-37)41(33-18-8-3-9-19-33,34-20-10-4-11-21-34)35-22-12-5-13-23-35/h3-31H,1-2H3/q+1. The van der Waals surface area contributed by atoms with Gasteiger partial charge in [0.05, 0.1) is 0 Å². The Morgan fingerprint density at radius 3 is 1.07 bits per heavy atom. The molecule has 0 amide bonds. The van der Waals surface area contributed by atoms with Gasteiger partial charge in [-0.25, -0.2) is 0 Å². The fraction of sp³-hybridized carbons (Fsp3) is 0.0526. The molecule has 0 N–H and O–H groups in total. The molecule has 0 unspecified atom stereocenters. The van der Waals surface area contributed by atoms with Crippen LogP contribution in [0.15, 0.2) is 181 Å². The van der Waals surface area contributed by atoms with Crippen LogP contribution < -0.4 is 26.5 Å². The van der Waals surface area contributed by atoms with E-state index in [1.54, 1.807) is 12.1 Å². The molecule has 0 aromatic heterocycles. The summed E-state index contributed by atoms with van der Waals surface area (Å²) in [6.07, 6.45) is 0. The van der Waals surface area contributed by atoms with Gasteiger partial charge in [0.1, 0.15) is 0 Å². The minimum absolute atomic E-state index is 0.346. The molecule has 0 heterocycles. The third-order valence-electron chi connectivity index (χ3n) is 8.75. The molecule has 0 fully saturated rings.